The van der Waals surface area contributed by atoms with E-state index in [1.807, 2.05) is 51.1 Å². The van der Waals surface area contributed by atoms with Crippen molar-refractivity contribution in [1.29, 1.82) is 0 Å². The van der Waals surface area contributed by atoms with E-state index < -0.39 is 24.2 Å². The number of alkyl carbamates (subject to hydrolysis) is 2. The van der Waals surface area contributed by atoms with Gasteiger partial charge in [0.1, 0.15) is 24.2 Å². The minimum absolute atomic E-state index is 0.0250. The van der Waals surface area contributed by atoms with Crippen LogP contribution in [0.5, 0.6) is 0 Å². The Morgan fingerprint density at radius 2 is 1.31 bits per heavy atom. The second-order valence-electron chi connectivity index (χ2n) is 16.7. The van der Waals surface area contributed by atoms with Crippen LogP contribution in [-0.4, -0.2) is 93.6 Å². The number of alkyl halides is 2. The molecule has 1 saturated carbocycles. The Morgan fingerprint density at radius 3 is 1.87 bits per heavy atom. The van der Waals surface area contributed by atoms with E-state index in [2.05, 4.69) is 42.2 Å². The lowest BCUT2D eigenvalue weighted by molar-refractivity contribution is -0.136. The molecular formula is C46H52F2N8O6. The number of hydrogen-bond donors (Lipinski definition) is 4. The highest BCUT2D eigenvalue weighted by Gasteiger charge is 2.45. The van der Waals surface area contributed by atoms with Gasteiger partial charge in [0.15, 0.2) is 0 Å². The molecule has 4 N–H and O–H groups in total. The van der Waals surface area contributed by atoms with Crippen molar-refractivity contribution in [3.05, 3.63) is 95.8 Å². The molecule has 1 atom stereocenters. The Labute approximate surface area is 358 Å². The number of nitrogens with zero attached hydrogens (tertiary/aromatic N) is 4. The highest BCUT2D eigenvalue weighted by molar-refractivity contribution is 5.87. The molecule has 0 radical (unpaired) electrons. The van der Waals surface area contributed by atoms with E-state index in [0.29, 0.717) is 52.7 Å². The van der Waals surface area contributed by atoms with Gasteiger partial charge >= 0.3 is 12.2 Å². The number of carbonyl (C=O) groups excluding carboxylic acids is 4. The molecular weight excluding hydrogens is 799 g/mol. The van der Waals surface area contributed by atoms with Crippen LogP contribution >= 0.6 is 0 Å². The third-order valence-corrected chi connectivity index (χ3v) is 11.6. The van der Waals surface area contributed by atoms with Gasteiger partial charge in [0.2, 0.25) is 11.8 Å². The Kier molecular flexibility index (Phi) is 12.5. The largest absolute Gasteiger partial charge is 0.453 e. The molecule has 2 heterocycles. The van der Waals surface area contributed by atoms with E-state index >= 15 is 8.78 Å². The topological polar surface area (TPSA) is 175 Å². The van der Waals surface area contributed by atoms with Crippen molar-refractivity contribution in [3.8, 4) is 44.8 Å². The Balaban J connectivity index is 1.05. The Bertz CT molecular complexity index is 2460. The zero-order valence-electron chi connectivity index (χ0n) is 35.7. The summed E-state index contributed by atoms with van der Waals surface area (Å²) in [6, 6.07) is 16.8. The summed E-state index contributed by atoms with van der Waals surface area (Å²) in [5, 5.41) is 5.08. The lowest BCUT2D eigenvalue weighted by Gasteiger charge is -2.31. The van der Waals surface area contributed by atoms with E-state index in [1.165, 1.54) is 20.3 Å². The summed E-state index contributed by atoms with van der Waals surface area (Å²) in [4.78, 5) is 68.9. The number of aromatic amines is 2. The first kappa shape index (κ1) is 43.5. The number of ether oxygens (including phenoxy) is 2. The maximum Gasteiger partial charge on any atom is 0.407 e. The SMILES string of the molecule is CCCN(Cc1ncc(-c2ccc(-c3ccc4c(c3)C(F)(F)c3cc(-c5cnc(CN(CC6(C)CC6)C(=O)C(NC(=O)OC)C(C)C)[nH]5)ccc3-4)cc2)[nH]1)C(=O)CNC(=O)OC. The fourth-order valence-corrected chi connectivity index (χ4v) is 7.79. The summed E-state index contributed by atoms with van der Waals surface area (Å²) in [6.07, 6.45) is 4.58. The Hall–Kier alpha value is -6.58. The second kappa shape index (κ2) is 17.8. The molecule has 0 spiro atoms. The van der Waals surface area contributed by atoms with Crippen molar-refractivity contribution < 1.29 is 37.4 Å². The number of hydrogen-bond acceptors (Lipinski definition) is 8. The first-order valence-electron chi connectivity index (χ1n) is 20.7. The van der Waals surface area contributed by atoms with Gasteiger partial charge in [-0.1, -0.05) is 76.2 Å². The van der Waals surface area contributed by atoms with Crippen LogP contribution in [0.4, 0.5) is 18.4 Å². The molecule has 4 amide bonds. The van der Waals surface area contributed by atoms with Gasteiger partial charge in [-0.15, -0.1) is 0 Å². The molecule has 5 aromatic rings. The number of halogens is 2. The number of nitrogens with one attached hydrogen (secondary N) is 4. The van der Waals surface area contributed by atoms with Crippen LogP contribution in [-0.2, 0) is 38.1 Å². The number of benzene rings is 3. The van der Waals surface area contributed by atoms with Gasteiger partial charge in [0, 0.05) is 29.8 Å². The van der Waals surface area contributed by atoms with Crippen LogP contribution in [0.15, 0.2) is 73.1 Å². The van der Waals surface area contributed by atoms with Crippen LogP contribution in [0.3, 0.4) is 0 Å². The van der Waals surface area contributed by atoms with Gasteiger partial charge in [-0.2, -0.15) is 8.78 Å². The predicted octanol–water partition coefficient (Wildman–Crippen LogP) is 7.86. The average molecular weight is 851 g/mol. The van der Waals surface area contributed by atoms with E-state index in [9.17, 15) is 19.2 Å². The van der Waals surface area contributed by atoms with E-state index in [1.54, 1.807) is 46.5 Å². The van der Waals surface area contributed by atoms with Gasteiger partial charge in [0.05, 0.1) is 51.1 Å². The number of fused-ring (bicyclic) bond motifs is 3. The number of H-pyrrole nitrogens is 2. The molecule has 3 aromatic carbocycles. The van der Waals surface area contributed by atoms with Gasteiger partial charge in [-0.05, 0) is 70.5 Å². The summed E-state index contributed by atoms with van der Waals surface area (Å²) in [7, 11) is 2.49. The number of imidazole rings is 2. The molecule has 0 bridgehead atoms. The molecule has 2 aliphatic rings. The molecule has 0 aliphatic heterocycles. The molecule has 0 saturated heterocycles. The van der Waals surface area contributed by atoms with Crippen molar-refractivity contribution in [2.75, 3.05) is 33.9 Å². The summed E-state index contributed by atoms with van der Waals surface area (Å²) >= 11 is 0. The van der Waals surface area contributed by atoms with Crippen molar-refractivity contribution in [1.82, 2.24) is 40.4 Å². The van der Waals surface area contributed by atoms with E-state index in [0.717, 1.165) is 36.1 Å². The summed E-state index contributed by atoms with van der Waals surface area (Å²) < 4.78 is 42.1. The first-order valence-corrected chi connectivity index (χ1v) is 20.7. The monoisotopic (exact) mass is 850 g/mol. The normalized spacial score (nSPS) is 14.7. The summed E-state index contributed by atoms with van der Waals surface area (Å²) in [5.74, 6) is -2.91. The number of aromatic nitrogens is 4. The van der Waals surface area contributed by atoms with E-state index in [-0.39, 0.29) is 53.9 Å². The minimum Gasteiger partial charge on any atom is -0.453 e. The first-order chi connectivity index (χ1) is 29.6. The quantitative estimate of drug-likeness (QED) is 0.0777. The smallest absolute Gasteiger partial charge is 0.407 e. The number of rotatable bonds is 16. The molecule has 2 aliphatic carbocycles. The summed E-state index contributed by atoms with van der Waals surface area (Å²) in [5.41, 5.74) is 4.74. The van der Waals surface area contributed by atoms with Crippen LogP contribution in [0.2, 0.25) is 0 Å². The fraction of sp³-hybridized carbons (Fsp3) is 0.391. The number of amides is 4. The highest BCUT2D eigenvalue weighted by Crippen LogP contribution is 2.53. The molecule has 1 fully saturated rings. The third-order valence-electron chi connectivity index (χ3n) is 11.6. The second-order valence-corrected chi connectivity index (χ2v) is 16.7. The van der Waals surface area contributed by atoms with E-state index in [4.69, 9.17) is 4.74 Å². The third kappa shape index (κ3) is 9.33. The highest BCUT2D eigenvalue weighted by atomic mass is 19.3. The Morgan fingerprint density at radius 1 is 0.774 bits per heavy atom. The lowest BCUT2D eigenvalue weighted by atomic mass is 9.97. The average Bonchev–Trinajstić information content (AvgIpc) is 3.55. The van der Waals surface area contributed by atoms with Gasteiger partial charge in [-0.25, -0.2) is 19.6 Å². The van der Waals surface area contributed by atoms with Crippen LogP contribution in [0.25, 0.3) is 44.8 Å². The summed E-state index contributed by atoms with van der Waals surface area (Å²) in [6.45, 7) is 8.92. The van der Waals surface area contributed by atoms with Gasteiger partial charge < -0.3 is 39.9 Å². The fourth-order valence-electron chi connectivity index (χ4n) is 7.79. The number of methoxy groups -OCH3 is 2. The van der Waals surface area contributed by atoms with Gasteiger partial charge in [-0.3, -0.25) is 9.59 Å². The minimum atomic E-state index is -3.27. The zero-order chi connectivity index (χ0) is 44.3. The van der Waals surface area contributed by atoms with Gasteiger partial charge in [0.25, 0.3) is 5.92 Å². The van der Waals surface area contributed by atoms with Crippen molar-refractivity contribution >= 4 is 24.0 Å². The predicted molar refractivity (Wildman–Crippen MR) is 229 cm³/mol. The van der Waals surface area contributed by atoms with Crippen molar-refractivity contribution in [2.24, 2.45) is 11.3 Å². The maximum absolute atomic E-state index is 16.4. The molecule has 1 unspecified atom stereocenters. The molecule has 2 aromatic heterocycles. The van der Waals surface area contributed by atoms with Crippen LogP contribution in [0.1, 0.15) is 69.7 Å². The molecule has 7 rings (SSSR count). The maximum atomic E-state index is 16.4. The van der Waals surface area contributed by atoms with Crippen LogP contribution in [0, 0.1) is 11.3 Å². The molecule has 326 valence electrons. The zero-order valence-corrected chi connectivity index (χ0v) is 35.7. The number of carbonyl (C=O) groups is 4. The van der Waals surface area contributed by atoms with Crippen molar-refractivity contribution in [3.63, 3.8) is 0 Å². The van der Waals surface area contributed by atoms with Crippen molar-refractivity contribution in [2.45, 2.75) is 72.0 Å². The standard InChI is InChI=1S/C46H52F2N8O6/c1-7-18-55(40(57)23-51-43(59)61-5)24-38-49-21-36(52-38)29-10-8-28(9-11-29)30-12-14-32-33-15-13-31(20-35(33)46(47,48)34(32)19-30)37-22-50-39(53-37)25-56(26-45(4)16-17-45)42(58)41(27(2)3)54-44(60)62-6/h8-15,19-22,27,41H,7,16-18,23-26H2,1-6H3,(H,49,52)(H,50,53)(H,51,59)(H,54,60). The lowest BCUT2D eigenvalue weighted by Crippen LogP contribution is -2.52. The van der Waals surface area contributed by atoms with Crippen LogP contribution < -0.4 is 10.6 Å². The molecule has 16 heteroatoms. The molecule has 62 heavy (non-hydrogen) atoms. The molecule has 14 nitrogen and oxygen atoms in total.